The molecule has 4 nitrogen and oxygen atoms in total. The van der Waals surface area contributed by atoms with Crippen molar-refractivity contribution in [3.05, 3.63) is 64.7 Å². The average molecular weight is 354 g/mol. The topological polar surface area (TPSA) is 52.6 Å². The van der Waals surface area contributed by atoms with Gasteiger partial charge in [0.25, 0.3) is 0 Å². The number of benzene rings is 2. The highest BCUT2D eigenvalue weighted by molar-refractivity contribution is 5.89. The first-order valence-corrected chi connectivity index (χ1v) is 9.08. The standard InChI is InChI=1S/C22H30N2O2/c1-15-6-9-19(10-7-15)12-17(3)24(5)14-22(26)20-11-8-16(2)21(13-20)23-18(4)25/h6-11,13,17,22,26H,12,14H2,1-5H3,(H,23,25)/t17-,22-/m1/s1. The van der Waals surface area contributed by atoms with Gasteiger partial charge in [-0.1, -0.05) is 42.0 Å². The predicted molar refractivity (Wildman–Crippen MR) is 107 cm³/mol. The Balaban J connectivity index is 2.00. The third kappa shape index (κ3) is 5.68. The normalized spacial score (nSPS) is 13.5. The number of likely N-dealkylation sites (N-methyl/N-ethyl adjacent to an activating group) is 1. The average Bonchev–Trinajstić information content (AvgIpc) is 2.58. The van der Waals surface area contributed by atoms with E-state index in [1.807, 2.05) is 32.2 Å². The summed E-state index contributed by atoms with van der Waals surface area (Å²) in [6, 6.07) is 14.6. The summed E-state index contributed by atoms with van der Waals surface area (Å²) >= 11 is 0. The number of aliphatic hydroxyl groups is 1. The van der Waals surface area contributed by atoms with E-state index in [1.165, 1.54) is 18.1 Å². The minimum atomic E-state index is -0.603. The lowest BCUT2D eigenvalue weighted by atomic mass is 10.0. The lowest BCUT2D eigenvalue weighted by Gasteiger charge is -2.27. The Morgan fingerprint density at radius 2 is 1.81 bits per heavy atom. The summed E-state index contributed by atoms with van der Waals surface area (Å²) in [6.45, 7) is 8.23. The van der Waals surface area contributed by atoms with E-state index in [2.05, 4.69) is 48.3 Å². The van der Waals surface area contributed by atoms with E-state index in [1.54, 1.807) is 0 Å². The SMILES string of the molecule is CC(=O)Nc1cc([C@H](O)CN(C)[C@H](C)Cc2ccc(C)cc2)ccc1C. The number of nitrogens with zero attached hydrogens (tertiary/aromatic N) is 1. The number of amides is 1. The highest BCUT2D eigenvalue weighted by Crippen LogP contribution is 2.23. The predicted octanol–water partition coefficient (Wildman–Crippen LogP) is 3.86. The molecule has 0 radical (unpaired) electrons. The molecule has 0 heterocycles. The molecule has 0 aliphatic heterocycles. The molecule has 4 heteroatoms. The van der Waals surface area contributed by atoms with Crippen LogP contribution in [0.5, 0.6) is 0 Å². The number of hydrogen-bond donors (Lipinski definition) is 2. The lowest BCUT2D eigenvalue weighted by Crippen LogP contribution is -2.34. The molecule has 2 N–H and O–H groups in total. The molecule has 0 aromatic heterocycles. The van der Waals surface area contributed by atoms with Gasteiger partial charge in [-0.15, -0.1) is 0 Å². The second-order valence-electron chi connectivity index (χ2n) is 7.25. The fourth-order valence-electron chi connectivity index (χ4n) is 2.95. The number of anilines is 1. The van der Waals surface area contributed by atoms with E-state index in [0.717, 1.165) is 23.2 Å². The first kappa shape index (κ1) is 20.1. The van der Waals surface area contributed by atoms with Gasteiger partial charge < -0.3 is 15.3 Å². The van der Waals surface area contributed by atoms with Crippen molar-refractivity contribution in [3.8, 4) is 0 Å². The molecule has 0 saturated heterocycles. The highest BCUT2D eigenvalue weighted by atomic mass is 16.3. The van der Waals surface area contributed by atoms with Crippen LogP contribution in [0.1, 0.15) is 42.2 Å². The first-order valence-electron chi connectivity index (χ1n) is 9.08. The Bertz CT molecular complexity index is 740. The van der Waals surface area contributed by atoms with Gasteiger partial charge in [0.15, 0.2) is 0 Å². The van der Waals surface area contributed by atoms with Crippen LogP contribution in [0, 0.1) is 13.8 Å². The van der Waals surface area contributed by atoms with Gasteiger partial charge in [-0.25, -0.2) is 0 Å². The first-order chi connectivity index (χ1) is 12.3. The quantitative estimate of drug-likeness (QED) is 0.794. The Morgan fingerprint density at radius 3 is 2.42 bits per heavy atom. The maximum absolute atomic E-state index is 11.3. The molecule has 0 unspecified atom stereocenters. The maximum atomic E-state index is 11.3. The number of nitrogens with one attached hydrogen (secondary N) is 1. The molecule has 0 bridgehead atoms. The Labute approximate surface area is 156 Å². The summed E-state index contributed by atoms with van der Waals surface area (Å²) in [5.41, 5.74) is 5.11. The Hall–Kier alpha value is -2.17. The molecular formula is C22H30N2O2. The Kier molecular flexibility index (Phi) is 6.95. The number of aliphatic hydroxyl groups excluding tert-OH is 1. The summed E-state index contributed by atoms with van der Waals surface area (Å²) in [6.07, 6.45) is 0.336. The van der Waals surface area contributed by atoms with Crippen molar-refractivity contribution in [2.45, 2.75) is 46.3 Å². The van der Waals surface area contributed by atoms with E-state index in [0.29, 0.717) is 12.6 Å². The highest BCUT2D eigenvalue weighted by Gasteiger charge is 2.17. The van der Waals surface area contributed by atoms with Crippen LogP contribution in [0.15, 0.2) is 42.5 Å². The van der Waals surface area contributed by atoms with Crippen LogP contribution in [0.2, 0.25) is 0 Å². The third-order valence-corrected chi connectivity index (χ3v) is 4.82. The van der Waals surface area contributed by atoms with Gasteiger partial charge in [0.1, 0.15) is 0 Å². The minimum Gasteiger partial charge on any atom is -0.387 e. The van der Waals surface area contributed by atoms with E-state index in [9.17, 15) is 9.90 Å². The van der Waals surface area contributed by atoms with Crippen LogP contribution in [0.4, 0.5) is 5.69 Å². The molecule has 2 aromatic carbocycles. The van der Waals surface area contributed by atoms with E-state index < -0.39 is 6.10 Å². The molecule has 0 aliphatic rings. The summed E-state index contributed by atoms with van der Waals surface area (Å²) < 4.78 is 0. The lowest BCUT2D eigenvalue weighted by molar-refractivity contribution is -0.114. The van der Waals surface area contributed by atoms with Crippen LogP contribution in [-0.2, 0) is 11.2 Å². The summed E-state index contributed by atoms with van der Waals surface area (Å²) in [5.74, 6) is -0.108. The van der Waals surface area contributed by atoms with Crippen molar-refractivity contribution >= 4 is 11.6 Å². The van der Waals surface area contributed by atoms with Crippen molar-refractivity contribution in [1.29, 1.82) is 0 Å². The molecule has 0 fully saturated rings. The van der Waals surface area contributed by atoms with Crippen LogP contribution in [0.3, 0.4) is 0 Å². The zero-order valence-electron chi connectivity index (χ0n) is 16.4. The molecule has 140 valence electrons. The molecule has 2 atom stereocenters. The second kappa shape index (κ2) is 8.97. The molecule has 2 rings (SSSR count). The summed E-state index contributed by atoms with van der Waals surface area (Å²) in [7, 11) is 2.03. The third-order valence-electron chi connectivity index (χ3n) is 4.82. The maximum Gasteiger partial charge on any atom is 0.221 e. The monoisotopic (exact) mass is 354 g/mol. The second-order valence-corrected chi connectivity index (χ2v) is 7.25. The van der Waals surface area contributed by atoms with Gasteiger partial charge in [-0.3, -0.25) is 4.79 Å². The molecule has 2 aromatic rings. The van der Waals surface area contributed by atoms with Crippen LogP contribution in [-0.4, -0.2) is 35.5 Å². The molecule has 0 spiro atoms. The Morgan fingerprint density at radius 1 is 1.15 bits per heavy atom. The van der Waals surface area contributed by atoms with Crippen molar-refractivity contribution in [2.24, 2.45) is 0 Å². The van der Waals surface area contributed by atoms with Gasteiger partial charge in [-0.05, 0) is 57.0 Å². The van der Waals surface area contributed by atoms with Gasteiger partial charge >= 0.3 is 0 Å². The number of carbonyl (C=O) groups excluding carboxylic acids is 1. The van der Waals surface area contributed by atoms with Gasteiger partial charge in [0, 0.05) is 25.2 Å². The largest absolute Gasteiger partial charge is 0.387 e. The zero-order chi connectivity index (χ0) is 19.3. The van der Waals surface area contributed by atoms with Crippen LogP contribution < -0.4 is 5.32 Å². The van der Waals surface area contributed by atoms with Crippen molar-refractivity contribution in [1.82, 2.24) is 4.90 Å². The van der Waals surface area contributed by atoms with E-state index in [4.69, 9.17) is 0 Å². The van der Waals surface area contributed by atoms with Crippen LogP contribution in [0.25, 0.3) is 0 Å². The smallest absolute Gasteiger partial charge is 0.221 e. The van der Waals surface area contributed by atoms with Gasteiger partial charge in [0.05, 0.1) is 6.10 Å². The van der Waals surface area contributed by atoms with Crippen molar-refractivity contribution in [2.75, 3.05) is 18.9 Å². The summed E-state index contributed by atoms with van der Waals surface area (Å²) in [5, 5.41) is 13.5. The number of aryl methyl sites for hydroxylation is 2. The minimum absolute atomic E-state index is 0.108. The molecule has 0 aliphatic carbocycles. The fraction of sp³-hybridized carbons (Fsp3) is 0.409. The summed E-state index contributed by atoms with van der Waals surface area (Å²) in [4.78, 5) is 13.5. The zero-order valence-corrected chi connectivity index (χ0v) is 16.4. The number of hydrogen-bond acceptors (Lipinski definition) is 3. The fourth-order valence-corrected chi connectivity index (χ4v) is 2.95. The van der Waals surface area contributed by atoms with Crippen molar-refractivity contribution < 1.29 is 9.90 Å². The number of rotatable bonds is 7. The molecular weight excluding hydrogens is 324 g/mol. The molecule has 0 saturated carbocycles. The van der Waals surface area contributed by atoms with E-state index >= 15 is 0 Å². The molecule has 26 heavy (non-hydrogen) atoms. The van der Waals surface area contributed by atoms with Gasteiger partial charge in [-0.2, -0.15) is 0 Å². The van der Waals surface area contributed by atoms with E-state index in [-0.39, 0.29) is 5.91 Å². The van der Waals surface area contributed by atoms with Gasteiger partial charge in [0.2, 0.25) is 5.91 Å². The number of carbonyl (C=O) groups is 1. The van der Waals surface area contributed by atoms with Crippen LogP contribution >= 0.6 is 0 Å². The van der Waals surface area contributed by atoms with Crippen molar-refractivity contribution in [3.63, 3.8) is 0 Å². The molecule has 1 amide bonds.